The molecule has 1 aromatic carbocycles. The van der Waals surface area contributed by atoms with Crippen molar-refractivity contribution < 1.29 is 9.47 Å². The van der Waals surface area contributed by atoms with Crippen molar-refractivity contribution in [3.8, 4) is 0 Å². The van der Waals surface area contributed by atoms with Gasteiger partial charge >= 0.3 is 0 Å². The first-order chi connectivity index (χ1) is 8.72. The number of likely N-dealkylation sites (tertiary alicyclic amines) is 1. The number of hydrogen-bond donors (Lipinski definition) is 0. The van der Waals surface area contributed by atoms with Gasteiger partial charge in [0, 0.05) is 27.3 Å². The van der Waals surface area contributed by atoms with Gasteiger partial charge in [0.05, 0.1) is 0 Å². The van der Waals surface area contributed by atoms with Crippen LogP contribution in [0.15, 0.2) is 24.3 Å². The molecule has 1 fully saturated rings. The quantitative estimate of drug-likeness (QED) is 0.748. The molecule has 0 saturated carbocycles. The average Bonchev–Trinajstić information content (AvgIpc) is 2.84. The van der Waals surface area contributed by atoms with Crippen LogP contribution in [0.2, 0.25) is 0 Å². The SMILES string of the molecule is COC(CN1CC[C@@H](c2cccc(C)c2)C1)OC. The molecule has 0 unspecified atom stereocenters. The molecule has 0 N–H and O–H groups in total. The van der Waals surface area contributed by atoms with E-state index in [9.17, 15) is 0 Å². The molecule has 2 rings (SSSR count). The number of ether oxygens (including phenoxy) is 2. The lowest BCUT2D eigenvalue weighted by Crippen LogP contribution is -2.32. The largest absolute Gasteiger partial charge is 0.355 e. The van der Waals surface area contributed by atoms with Gasteiger partial charge in [-0.05, 0) is 31.4 Å². The Labute approximate surface area is 110 Å². The Morgan fingerprint density at radius 3 is 2.78 bits per heavy atom. The smallest absolute Gasteiger partial charge is 0.169 e. The maximum absolute atomic E-state index is 5.26. The predicted octanol–water partition coefficient (Wildman–Crippen LogP) is 2.40. The van der Waals surface area contributed by atoms with Crippen molar-refractivity contribution in [3.63, 3.8) is 0 Å². The standard InChI is InChI=1S/C15H23NO2/c1-12-5-4-6-13(9-12)14-7-8-16(10-14)11-15(17-2)18-3/h4-6,9,14-15H,7-8,10-11H2,1-3H3/t14-/m1/s1. The highest BCUT2D eigenvalue weighted by Gasteiger charge is 2.25. The Hall–Kier alpha value is -0.900. The van der Waals surface area contributed by atoms with Crippen molar-refractivity contribution in [2.24, 2.45) is 0 Å². The van der Waals surface area contributed by atoms with Gasteiger partial charge in [-0.1, -0.05) is 29.8 Å². The second kappa shape index (κ2) is 6.32. The van der Waals surface area contributed by atoms with Crippen LogP contribution in [0.4, 0.5) is 0 Å². The second-order valence-corrected chi connectivity index (χ2v) is 5.06. The van der Waals surface area contributed by atoms with Crippen molar-refractivity contribution in [1.29, 1.82) is 0 Å². The van der Waals surface area contributed by atoms with Crippen molar-refractivity contribution in [1.82, 2.24) is 4.90 Å². The Morgan fingerprint density at radius 1 is 1.33 bits per heavy atom. The highest BCUT2D eigenvalue weighted by atomic mass is 16.7. The Bertz CT molecular complexity index is 377. The maximum Gasteiger partial charge on any atom is 0.169 e. The van der Waals surface area contributed by atoms with E-state index in [1.54, 1.807) is 14.2 Å². The highest BCUT2D eigenvalue weighted by molar-refractivity contribution is 5.26. The molecule has 1 aliphatic heterocycles. The number of methoxy groups -OCH3 is 2. The van der Waals surface area contributed by atoms with Gasteiger partial charge in [0.2, 0.25) is 0 Å². The van der Waals surface area contributed by atoms with E-state index in [-0.39, 0.29) is 6.29 Å². The van der Waals surface area contributed by atoms with Gasteiger partial charge in [-0.15, -0.1) is 0 Å². The van der Waals surface area contributed by atoms with E-state index in [1.165, 1.54) is 17.5 Å². The van der Waals surface area contributed by atoms with Crippen molar-refractivity contribution >= 4 is 0 Å². The van der Waals surface area contributed by atoms with Crippen molar-refractivity contribution in [2.75, 3.05) is 33.9 Å². The topological polar surface area (TPSA) is 21.7 Å². The predicted molar refractivity (Wildman–Crippen MR) is 72.8 cm³/mol. The third-order valence-electron chi connectivity index (χ3n) is 3.72. The van der Waals surface area contributed by atoms with E-state index in [0.29, 0.717) is 5.92 Å². The zero-order valence-electron chi connectivity index (χ0n) is 11.6. The van der Waals surface area contributed by atoms with Crippen molar-refractivity contribution in [3.05, 3.63) is 35.4 Å². The lowest BCUT2D eigenvalue weighted by atomic mass is 9.97. The van der Waals surface area contributed by atoms with Crippen LogP contribution in [0.1, 0.15) is 23.5 Å². The maximum atomic E-state index is 5.26. The molecule has 0 bridgehead atoms. The van der Waals surface area contributed by atoms with Gasteiger partial charge in [-0.3, -0.25) is 4.90 Å². The lowest BCUT2D eigenvalue weighted by Gasteiger charge is -2.21. The molecule has 1 saturated heterocycles. The van der Waals surface area contributed by atoms with Gasteiger partial charge in [0.15, 0.2) is 6.29 Å². The fourth-order valence-corrected chi connectivity index (χ4v) is 2.65. The van der Waals surface area contributed by atoms with Crippen LogP contribution in [0.5, 0.6) is 0 Å². The number of benzene rings is 1. The molecule has 0 radical (unpaired) electrons. The lowest BCUT2D eigenvalue weighted by molar-refractivity contribution is -0.114. The van der Waals surface area contributed by atoms with Crippen LogP contribution in [0, 0.1) is 6.92 Å². The fourth-order valence-electron chi connectivity index (χ4n) is 2.65. The third kappa shape index (κ3) is 3.31. The monoisotopic (exact) mass is 249 g/mol. The van der Waals surface area contributed by atoms with Gasteiger partial charge in [0.25, 0.3) is 0 Å². The molecule has 0 spiro atoms. The molecular weight excluding hydrogens is 226 g/mol. The van der Waals surface area contributed by atoms with E-state index in [4.69, 9.17) is 9.47 Å². The third-order valence-corrected chi connectivity index (χ3v) is 3.72. The minimum atomic E-state index is -0.110. The normalized spacial score (nSPS) is 20.8. The zero-order valence-corrected chi connectivity index (χ0v) is 11.6. The summed E-state index contributed by atoms with van der Waals surface area (Å²) in [6, 6.07) is 8.85. The summed E-state index contributed by atoms with van der Waals surface area (Å²) in [6.07, 6.45) is 1.12. The summed E-state index contributed by atoms with van der Waals surface area (Å²) in [4.78, 5) is 2.42. The molecule has 0 amide bonds. The van der Waals surface area contributed by atoms with Crippen LogP contribution < -0.4 is 0 Å². The Kier molecular flexibility index (Phi) is 4.75. The fraction of sp³-hybridized carbons (Fsp3) is 0.600. The molecule has 1 aliphatic rings. The van der Waals surface area contributed by atoms with E-state index in [1.807, 2.05) is 0 Å². The molecule has 1 heterocycles. The minimum Gasteiger partial charge on any atom is -0.355 e. The van der Waals surface area contributed by atoms with Gasteiger partial charge in [-0.25, -0.2) is 0 Å². The van der Waals surface area contributed by atoms with Gasteiger partial charge in [0.1, 0.15) is 0 Å². The molecule has 1 atom stereocenters. The van der Waals surface area contributed by atoms with E-state index in [2.05, 4.69) is 36.1 Å². The van der Waals surface area contributed by atoms with Gasteiger partial charge < -0.3 is 9.47 Å². The summed E-state index contributed by atoms with van der Waals surface area (Å²) in [5.74, 6) is 0.652. The summed E-state index contributed by atoms with van der Waals surface area (Å²) in [5.41, 5.74) is 2.81. The molecule has 1 aromatic rings. The molecule has 3 nitrogen and oxygen atoms in total. The summed E-state index contributed by atoms with van der Waals surface area (Å²) in [7, 11) is 3.39. The molecule has 3 heteroatoms. The van der Waals surface area contributed by atoms with Crippen LogP contribution in [-0.4, -0.2) is 45.0 Å². The number of aryl methyl sites for hydroxylation is 1. The summed E-state index contributed by atoms with van der Waals surface area (Å²) in [5, 5.41) is 0. The Balaban J connectivity index is 1.92. The van der Waals surface area contributed by atoms with Crippen LogP contribution in [0.3, 0.4) is 0 Å². The number of hydrogen-bond acceptors (Lipinski definition) is 3. The van der Waals surface area contributed by atoms with Crippen molar-refractivity contribution in [2.45, 2.75) is 25.6 Å². The molecule has 0 aliphatic carbocycles. The molecule has 0 aromatic heterocycles. The van der Waals surface area contributed by atoms with E-state index < -0.39 is 0 Å². The summed E-state index contributed by atoms with van der Waals surface area (Å²) in [6.45, 7) is 5.24. The molecule has 18 heavy (non-hydrogen) atoms. The molecule has 100 valence electrons. The molecular formula is C15H23NO2. The van der Waals surface area contributed by atoms with E-state index >= 15 is 0 Å². The summed E-state index contributed by atoms with van der Waals surface area (Å²) >= 11 is 0. The second-order valence-electron chi connectivity index (χ2n) is 5.06. The first-order valence-corrected chi connectivity index (χ1v) is 6.57. The zero-order chi connectivity index (χ0) is 13.0. The first-order valence-electron chi connectivity index (χ1n) is 6.57. The van der Waals surface area contributed by atoms with Crippen LogP contribution >= 0.6 is 0 Å². The van der Waals surface area contributed by atoms with Crippen LogP contribution in [0.25, 0.3) is 0 Å². The number of nitrogens with zero attached hydrogens (tertiary/aromatic N) is 1. The average molecular weight is 249 g/mol. The van der Waals surface area contributed by atoms with E-state index in [0.717, 1.165) is 19.6 Å². The first kappa shape index (κ1) is 13.5. The Morgan fingerprint density at radius 2 is 2.11 bits per heavy atom. The van der Waals surface area contributed by atoms with Crippen LogP contribution in [-0.2, 0) is 9.47 Å². The minimum absolute atomic E-state index is 0.110. The number of rotatable bonds is 5. The summed E-state index contributed by atoms with van der Waals surface area (Å²) < 4.78 is 10.5. The highest BCUT2D eigenvalue weighted by Crippen LogP contribution is 2.27. The van der Waals surface area contributed by atoms with Gasteiger partial charge in [-0.2, -0.15) is 0 Å².